The zero-order valence-electron chi connectivity index (χ0n) is 13.5. The summed E-state index contributed by atoms with van der Waals surface area (Å²) in [6, 6.07) is 16.0. The van der Waals surface area contributed by atoms with Crippen molar-refractivity contribution in [3.05, 3.63) is 65.5 Å². The van der Waals surface area contributed by atoms with Crippen molar-refractivity contribution in [1.29, 1.82) is 0 Å². The number of rotatable bonds is 4. The van der Waals surface area contributed by atoms with Gasteiger partial charge in [-0.25, -0.2) is 9.59 Å². The van der Waals surface area contributed by atoms with Crippen LogP contribution in [0.5, 0.6) is 0 Å². The van der Waals surface area contributed by atoms with Crippen LogP contribution >= 0.6 is 0 Å². The molecule has 0 spiro atoms. The lowest BCUT2D eigenvalue weighted by atomic mass is 9.98. The van der Waals surface area contributed by atoms with Crippen LogP contribution in [0.4, 0.5) is 10.7 Å². The summed E-state index contributed by atoms with van der Waals surface area (Å²) in [7, 11) is 0. The highest BCUT2D eigenvalue weighted by Gasteiger charge is 2.29. The number of aromatic nitrogens is 3. The number of nitrogens with zero attached hydrogens (tertiary/aromatic N) is 2. The molecule has 1 heterocycles. The molecule has 3 aromatic rings. The predicted octanol–water partition coefficient (Wildman–Crippen LogP) is 2.86. The third-order valence-corrected chi connectivity index (χ3v) is 4.25. The molecule has 1 aliphatic carbocycles. The van der Waals surface area contributed by atoms with E-state index in [2.05, 4.69) is 32.6 Å². The summed E-state index contributed by atoms with van der Waals surface area (Å²) in [5.41, 5.74) is 4.48. The van der Waals surface area contributed by atoms with E-state index in [4.69, 9.17) is 9.84 Å². The molecule has 8 heteroatoms. The first kappa shape index (κ1) is 15.8. The Labute approximate surface area is 147 Å². The number of carboxylic acids is 1. The first-order chi connectivity index (χ1) is 12.6. The van der Waals surface area contributed by atoms with E-state index >= 15 is 0 Å². The van der Waals surface area contributed by atoms with E-state index in [1.807, 2.05) is 36.4 Å². The lowest BCUT2D eigenvalue weighted by Gasteiger charge is -2.13. The average Bonchev–Trinajstić information content (AvgIpc) is 3.23. The number of hydrogen-bond acceptors (Lipinski definition) is 5. The maximum Gasteiger partial charge on any atom is 0.414 e. The van der Waals surface area contributed by atoms with Gasteiger partial charge in [0.25, 0.3) is 5.95 Å². The Hall–Kier alpha value is -3.68. The number of carbonyl (C=O) groups excluding carboxylic acids is 1. The smallest absolute Gasteiger partial charge is 0.414 e. The van der Waals surface area contributed by atoms with Crippen molar-refractivity contribution in [2.24, 2.45) is 0 Å². The van der Waals surface area contributed by atoms with Gasteiger partial charge in [0.1, 0.15) is 6.61 Å². The van der Waals surface area contributed by atoms with Gasteiger partial charge in [0, 0.05) is 5.92 Å². The summed E-state index contributed by atoms with van der Waals surface area (Å²) in [5.74, 6) is -1.84. The van der Waals surface area contributed by atoms with Gasteiger partial charge in [0.15, 0.2) is 0 Å². The summed E-state index contributed by atoms with van der Waals surface area (Å²) in [4.78, 5) is 26.4. The molecule has 0 fully saturated rings. The number of benzene rings is 2. The summed E-state index contributed by atoms with van der Waals surface area (Å²) in [6.07, 6.45) is -0.747. The van der Waals surface area contributed by atoms with E-state index in [1.165, 1.54) is 0 Å². The summed E-state index contributed by atoms with van der Waals surface area (Å²) in [5, 5.41) is 16.9. The number of ether oxygens (including phenoxy) is 1. The Morgan fingerprint density at radius 1 is 1.08 bits per heavy atom. The average molecular weight is 350 g/mol. The second-order valence-electron chi connectivity index (χ2n) is 5.76. The number of fused-ring (bicyclic) bond motifs is 3. The Balaban J connectivity index is 1.47. The van der Waals surface area contributed by atoms with Gasteiger partial charge < -0.3 is 9.84 Å². The number of carbonyl (C=O) groups is 2. The van der Waals surface area contributed by atoms with Crippen molar-refractivity contribution in [1.82, 2.24) is 15.2 Å². The molecule has 1 amide bonds. The predicted molar refractivity (Wildman–Crippen MR) is 92.0 cm³/mol. The van der Waals surface area contributed by atoms with Crippen LogP contribution in [0.15, 0.2) is 48.5 Å². The summed E-state index contributed by atoms with van der Waals surface area (Å²) < 4.78 is 5.32. The first-order valence-corrected chi connectivity index (χ1v) is 7.91. The minimum Gasteiger partial charge on any atom is -0.475 e. The van der Waals surface area contributed by atoms with Crippen LogP contribution in [0.3, 0.4) is 0 Å². The van der Waals surface area contributed by atoms with E-state index in [1.54, 1.807) is 0 Å². The topological polar surface area (TPSA) is 117 Å². The van der Waals surface area contributed by atoms with Crippen LogP contribution in [0.1, 0.15) is 27.7 Å². The highest BCUT2D eigenvalue weighted by molar-refractivity contribution is 5.86. The molecule has 4 rings (SSSR count). The molecule has 1 aromatic heterocycles. The highest BCUT2D eigenvalue weighted by atomic mass is 16.5. The first-order valence-electron chi connectivity index (χ1n) is 7.91. The molecule has 1 aliphatic rings. The zero-order chi connectivity index (χ0) is 18.1. The van der Waals surface area contributed by atoms with Crippen LogP contribution < -0.4 is 5.32 Å². The standard InChI is InChI=1S/C18H14N4O4/c23-16(24)15-19-17(22-21-15)20-18(25)26-9-14-12-7-3-1-5-10(12)11-6-2-4-8-13(11)14/h1-8,14H,9H2,(H,23,24)(H2,19,20,21,22,25). The molecule has 0 aliphatic heterocycles. The number of carboxylic acid groups (broad SMARTS) is 1. The van der Waals surface area contributed by atoms with Crippen molar-refractivity contribution < 1.29 is 19.4 Å². The summed E-state index contributed by atoms with van der Waals surface area (Å²) >= 11 is 0. The van der Waals surface area contributed by atoms with E-state index in [0.717, 1.165) is 22.3 Å². The maximum atomic E-state index is 12.0. The molecule has 0 saturated heterocycles. The summed E-state index contributed by atoms with van der Waals surface area (Å²) in [6.45, 7) is 0.149. The highest BCUT2D eigenvalue weighted by Crippen LogP contribution is 2.44. The second kappa shape index (κ2) is 6.32. The van der Waals surface area contributed by atoms with E-state index in [-0.39, 0.29) is 24.3 Å². The third-order valence-electron chi connectivity index (χ3n) is 4.25. The van der Waals surface area contributed by atoms with E-state index < -0.39 is 12.1 Å². The molecule has 3 N–H and O–H groups in total. The maximum absolute atomic E-state index is 12.0. The Morgan fingerprint density at radius 3 is 2.27 bits per heavy atom. The van der Waals surface area contributed by atoms with Crippen molar-refractivity contribution in [3.63, 3.8) is 0 Å². The van der Waals surface area contributed by atoms with Crippen molar-refractivity contribution in [3.8, 4) is 11.1 Å². The van der Waals surface area contributed by atoms with Crippen LogP contribution in [0, 0.1) is 0 Å². The van der Waals surface area contributed by atoms with Gasteiger partial charge in [-0.3, -0.25) is 10.4 Å². The van der Waals surface area contributed by atoms with Crippen molar-refractivity contribution >= 4 is 18.0 Å². The lowest BCUT2D eigenvalue weighted by Crippen LogP contribution is -2.18. The molecule has 8 nitrogen and oxygen atoms in total. The SMILES string of the molecule is O=C(Nc1n[nH]c(C(=O)O)n1)OCC1c2ccccc2-c2ccccc21. The normalized spacial score (nSPS) is 12.3. The van der Waals surface area contributed by atoms with Gasteiger partial charge in [-0.2, -0.15) is 4.98 Å². The van der Waals surface area contributed by atoms with Crippen LogP contribution in [0.2, 0.25) is 0 Å². The molecular weight excluding hydrogens is 336 g/mol. The van der Waals surface area contributed by atoms with Gasteiger partial charge in [-0.1, -0.05) is 48.5 Å². The van der Waals surface area contributed by atoms with Gasteiger partial charge in [-0.05, 0) is 22.3 Å². The number of nitrogens with one attached hydrogen (secondary N) is 2. The van der Waals surface area contributed by atoms with Gasteiger partial charge in [0.2, 0.25) is 5.82 Å². The van der Waals surface area contributed by atoms with Crippen LogP contribution in [-0.4, -0.2) is 39.0 Å². The molecular formula is C18H14N4O4. The number of amides is 1. The number of anilines is 1. The van der Waals surface area contributed by atoms with Crippen molar-refractivity contribution in [2.45, 2.75) is 5.92 Å². The number of hydrogen-bond donors (Lipinski definition) is 3. The lowest BCUT2D eigenvalue weighted by molar-refractivity contribution is 0.0684. The zero-order valence-corrected chi connectivity index (χ0v) is 13.5. The molecule has 0 saturated carbocycles. The molecule has 130 valence electrons. The second-order valence-corrected chi connectivity index (χ2v) is 5.76. The fraction of sp³-hybridized carbons (Fsp3) is 0.111. The Kier molecular flexibility index (Phi) is 3.85. The fourth-order valence-corrected chi connectivity index (χ4v) is 3.14. The fourth-order valence-electron chi connectivity index (χ4n) is 3.14. The Morgan fingerprint density at radius 2 is 1.69 bits per heavy atom. The quantitative estimate of drug-likeness (QED) is 0.666. The van der Waals surface area contributed by atoms with E-state index in [9.17, 15) is 9.59 Å². The Bertz CT molecular complexity index is 953. The molecule has 0 unspecified atom stereocenters. The van der Waals surface area contributed by atoms with E-state index in [0.29, 0.717) is 0 Å². The molecule has 0 atom stereocenters. The van der Waals surface area contributed by atoms with Gasteiger partial charge in [0.05, 0.1) is 0 Å². The minimum atomic E-state index is -1.27. The third kappa shape index (κ3) is 2.77. The van der Waals surface area contributed by atoms with Crippen LogP contribution in [0.25, 0.3) is 11.1 Å². The number of aromatic carboxylic acids is 1. The monoisotopic (exact) mass is 350 g/mol. The molecule has 0 radical (unpaired) electrons. The molecule has 2 aromatic carbocycles. The molecule has 26 heavy (non-hydrogen) atoms. The largest absolute Gasteiger partial charge is 0.475 e. The number of aromatic amines is 1. The minimum absolute atomic E-state index is 0.0603. The number of H-pyrrole nitrogens is 1. The van der Waals surface area contributed by atoms with Gasteiger partial charge >= 0.3 is 12.1 Å². The molecule has 0 bridgehead atoms. The van der Waals surface area contributed by atoms with Crippen LogP contribution in [-0.2, 0) is 4.74 Å². The van der Waals surface area contributed by atoms with Crippen molar-refractivity contribution in [2.75, 3.05) is 11.9 Å². The van der Waals surface area contributed by atoms with Gasteiger partial charge in [-0.15, -0.1) is 5.10 Å².